The van der Waals surface area contributed by atoms with E-state index < -0.39 is 23.9 Å². The van der Waals surface area contributed by atoms with E-state index in [-0.39, 0.29) is 38.4 Å². The molecule has 0 aliphatic heterocycles. The Morgan fingerprint density at radius 1 is 0.750 bits per heavy atom. The van der Waals surface area contributed by atoms with E-state index in [1.165, 1.54) is 6.08 Å². The van der Waals surface area contributed by atoms with Gasteiger partial charge in [-0.05, 0) is 55.0 Å². The zero-order valence-corrected chi connectivity index (χ0v) is 22.3. The van der Waals surface area contributed by atoms with E-state index in [1.807, 2.05) is 0 Å². The molecule has 0 bridgehead atoms. The molecule has 0 heterocycles. The first-order valence-electron chi connectivity index (χ1n) is 12.5. The van der Waals surface area contributed by atoms with Crippen LogP contribution < -0.4 is 14.2 Å². The molecule has 212 valence electrons. The van der Waals surface area contributed by atoms with Gasteiger partial charge in [0.1, 0.15) is 30.5 Å². The van der Waals surface area contributed by atoms with Gasteiger partial charge in [-0.2, -0.15) is 0 Å². The zero-order valence-electron chi connectivity index (χ0n) is 22.3. The molecule has 2 aromatic rings. The van der Waals surface area contributed by atoms with Gasteiger partial charge in [-0.15, -0.1) is 0 Å². The maximum Gasteiger partial charge on any atom is 0.336 e. The van der Waals surface area contributed by atoms with Crippen molar-refractivity contribution >= 4 is 30.0 Å². The van der Waals surface area contributed by atoms with Crippen molar-refractivity contribution in [1.29, 1.82) is 0 Å². The van der Waals surface area contributed by atoms with Crippen LogP contribution in [0.15, 0.2) is 79.4 Å². The van der Waals surface area contributed by atoms with Crippen LogP contribution >= 0.6 is 0 Å². The van der Waals surface area contributed by atoms with Gasteiger partial charge in [-0.25, -0.2) is 14.4 Å². The van der Waals surface area contributed by atoms with Gasteiger partial charge in [0.15, 0.2) is 0 Å². The second kappa shape index (κ2) is 17.6. The quantitative estimate of drug-likeness (QED) is 0.0926. The number of esters is 4. The molecule has 0 atom stereocenters. The van der Waals surface area contributed by atoms with E-state index in [9.17, 15) is 19.2 Å². The summed E-state index contributed by atoms with van der Waals surface area (Å²) in [6.45, 7) is 9.41. The highest BCUT2D eigenvalue weighted by atomic mass is 16.6. The average molecular weight is 553 g/mol. The van der Waals surface area contributed by atoms with Gasteiger partial charge in [0, 0.05) is 24.1 Å². The Hall–Kier alpha value is -4.86. The summed E-state index contributed by atoms with van der Waals surface area (Å²) in [6.07, 6.45) is 4.34. The fourth-order valence-electron chi connectivity index (χ4n) is 2.93. The van der Waals surface area contributed by atoms with Crippen LogP contribution in [-0.4, -0.2) is 56.9 Å². The lowest BCUT2D eigenvalue weighted by atomic mass is 10.2. The third-order valence-corrected chi connectivity index (χ3v) is 4.84. The zero-order chi connectivity index (χ0) is 29.2. The Morgan fingerprint density at radius 3 is 2.02 bits per heavy atom. The number of benzene rings is 2. The monoisotopic (exact) mass is 552 g/mol. The lowest BCUT2D eigenvalue weighted by Gasteiger charge is -2.09. The summed E-state index contributed by atoms with van der Waals surface area (Å²) in [5, 5.41) is 0. The lowest BCUT2D eigenvalue weighted by molar-refractivity contribution is -0.146. The minimum absolute atomic E-state index is 0.00197. The van der Waals surface area contributed by atoms with Crippen molar-refractivity contribution in [2.75, 3.05) is 33.0 Å². The van der Waals surface area contributed by atoms with Gasteiger partial charge in [0.25, 0.3) is 0 Å². The van der Waals surface area contributed by atoms with Crippen LogP contribution in [0.1, 0.15) is 25.3 Å². The predicted octanol–water partition coefficient (Wildman–Crippen LogP) is 4.23. The summed E-state index contributed by atoms with van der Waals surface area (Å²) in [5.74, 6) is -0.810. The molecule has 2 aromatic carbocycles. The summed E-state index contributed by atoms with van der Waals surface area (Å²) in [5.41, 5.74) is 0.778. The molecular formula is C30H32O10. The normalized spacial score (nSPS) is 10.3. The Bertz CT molecular complexity index is 1180. The number of hydrogen-bond donors (Lipinski definition) is 0. The third-order valence-electron chi connectivity index (χ3n) is 4.84. The van der Waals surface area contributed by atoms with E-state index in [4.69, 9.17) is 28.4 Å². The van der Waals surface area contributed by atoms with E-state index in [1.54, 1.807) is 61.5 Å². The smallest absolute Gasteiger partial charge is 0.336 e. The Balaban J connectivity index is 1.67. The molecule has 0 fully saturated rings. The van der Waals surface area contributed by atoms with Crippen LogP contribution in [-0.2, 0) is 33.4 Å². The SMILES string of the molecule is C=CC(=O)OCCCOc1ccc(/C=C/C(=O)Oc2ccc(OCCOC(=O)C(=C)CC(=O)OCC)cc2)cc1. The fraction of sp³-hybridized carbons (Fsp3) is 0.267. The van der Waals surface area contributed by atoms with Crippen molar-refractivity contribution in [2.45, 2.75) is 19.8 Å². The highest BCUT2D eigenvalue weighted by Gasteiger charge is 2.14. The molecule has 0 aliphatic carbocycles. The topological polar surface area (TPSA) is 124 Å². The molecule has 0 saturated carbocycles. The summed E-state index contributed by atoms with van der Waals surface area (Å²) in [4.78, 5) is 46.3. The first kappa shape index (κ1) is 31.4. The van der Waals surface area contributed by atoms with Crippen molar-refractivity contribution in [1.82, 2.24) is 0 Å². The molecule has 0 aromatic heterocycles. The first-order valence-corrected chi connectivity index (χ1v) is 12.5. The highest BCUT2D eigenvalue weighted by Crippen LogP contribution is 2.18. The molecule has 10 nitrogen and oxygen atoms in total. The third kappa shape index (κ3) is 12.6. The molecule has 0 amide bonds. The van der Waals surface area contributed by atoms with Crippen molar-refractivity contribution in [2.24, 2.45) is 0 Å². The van der Waals surface area contributed by atoms with E-state index in [2.05, 4.69) is 13.2 Å². The average Bonchev–Trinajstić information content (AvgIpc) is 2.95. The molecule has 40 heavy (non-hydrogen) atoms. The van der Waals surface area contributed by atoms with Crippen molar-refractivity contribution in [3.05, 3.63) is 85.0 Å². The van der Waals surface area contributed by atoms with Crippen LogP contribution in [0.25, 0.3) is 6.08 Å². The number of carbonyl (C=O) groups excluding carboxylic acids is 4. The fourth-order valence-corrected chi connectivity index (χ4v) is 2.93. The summed E-state index contributed by atoms with van der Waals surface area (Å²) < 4.78 is 31.0. The van der Waals surface area contributed by atoms with Gasteiger partial charge >= 0.3 is 23.9 Å². The summed E-state index contributed by atoms with van der Waals surface area (Å²) in [7, 11) is 0. The van der Waals surface area contributed by atoms with Gasteiger partial charge in [-0.1, -0.05) is 25.3 Å². The first-order chi connectivity index (χ1) is 19.3. The molecule has 10 heteroatoms. The molecule has 0 saturated heterocycles. The van der Waals surface area contributed by atoms with Crippen LogP contribution in [0.2, 0.25) is 0 Å². The Labute approximate surface area is 232 Å². The molecule has 0 N–H and O–H groups in total. The molecule has 0 unspecified atom stereocenters. The van der Waals surface area contributed by atoms with Gasteiger partial charge < -0.3 is 28.4 Å². The van der Waals surface area contributed by atoms with Crippen molar-refractivity contribution in [3.63, 3.8) is 0 Å². The van der Waals surface area contributed by atoms with Gasteiger partial charge in [-0.3, -0.25) is 4.79 Å². The number of carbonyl (C=O) groups is 4. The number of rotatable bonds is 17. The van der Waals surface area contributed by atoms with Crippen molar-refractivity contribution < 1.29 is 47.6 Å². The number of hydrogen-bond acceptors (Lipinski definition) is 10. The van der Waals surface area contributed by atoms with Crippen LogP contribution in [0.5, 0.6) is 17.2 Å². The lowest BCUT2D eigenvalue weighted by Crippen LogP contribution is -2.16. The van der Waals surface area contributed by atoms with Gasteiger partial charge in [0.05, 0.1) is 26.2 Å². The van der Waals surface area contributed by atoms with Crippen LogP contribution in [0.4, 0.5) is 0 Å². The number of ether oxygens (including phenoxy) is 6. The maximum atomic E-state index is 12.2. The van der Waals surface area contributed by atoms with E-state index in [0.29, 0.717) is 30.3 Å². The largest absolute Gasteiger partial charge is 0.493 e. The van der Waals surface area contributed by atoms with E-state index in [0.717, 1.165) is 11.6 Å². The highest BCUT2D eigenvalue weighted by molar-refractivity contribution is 5.93. The standard InChI is InChI=1S/C30H32O10/c1-4-27(31)38-18-6-17-36-24-10-7-23(8-11-24)9-16-28(32)40-26-14-12-25(13-15-26)37-19-20-39-30(34)22(3)21-29(33)35-5-2/h4,7-16H,1,3,5-6,17-21H2,2H3/b16-9+. The predicted molar refractivity (Wildman–Crippen MR) is 146 cm³/mol. The summed E-state index contributed by atoms with van der Waals surface area (Å²) >= 11 is 0. The molecule has 0 aliphatic rings. The molecular weight excluding hydrogens is 520 g/mol. The molecule has 2 rings (SSSR count). The van der Waals surface area contributed by atoms with Crippen LogP contribution in [0, 0.1) is 0 Å². The van der Waals surface area contributed by atoms with Crippen molar-refractivity contribution in [3.8, 4) is 17.2 Å². The Morgan fingerprint density at radius 2 is 1.38 bits per heavy atom. The van der Waals surface area contributed by atoms with Crippen LogP contribution in [0.3, 0.4) is 0 Å². The second-order valence-electron chi connectivity index (χ2n) is 7.94. The molecule has 0 radical (unpaired) electrons. The van der Waals surface area contributed by atoms with Gasteiger partial charge in [0.2, 0.25) is 0 Å². The molecule has 0 spiro atoms. The Kier molecular flexibility index (Phi) is 13.8. The minimum Gasteiger partial charge on any atom is -0.493 e. The van der Waals surface area contributed by atoms with E-state index >= 15 is 0 Å². The minimum atomic E-state index is -0.697. The second-order valence-corrected chi connectivity index (χ2v) is 7.94. The maximum absolute atomic E-state index is 12.2. The summed E-state index contributed by atoms with van der Waals surface area (Å²) in [6, 6.07) is 13.5.